The highest BCUT2D eigenvalue weighted by Gasteiger charge is 2.61. The number of nitriles is 1. The molecule has 2 aliphatic rings. The van der Waals surface area contributed by atoms with E-state index in [9.17, 15) is 8.42 Å². The summed E-state index contributed by atoms with van der Waals surface area (Å²) < 4.78 is 33.1. The number of rotatable bonds is 5. The molecule has 3 rings (SSSR count). The second-order valence-electron chi connectivity index (χ2n) is 6.27. The number of hydrogen-bond donors (Lipinski definition) is 0. The van der Waals surface area contributed by atoms with Gasteiger partial charge in [0.1, 0.15) is 11.0 Å². The van der Waals surface area contributed by atoms with Gasteiger partial charge in [-0.05, 0) is 38.3 Å². The molecule has 1 heterocycles. The van der Waals surface area contributed by atoms with Crippen LogP contribution in [0, 0.1) is 16.7 Å². The molecule has 23 heavy (non-hydrogen) atoms. The van der Waals surface area contributed by atoms with Gasteiger partial charge in [0, 0.05) is 31.3 Å². The first-order chi connectivity index (χ1) is 11.0. The van der Waals surface area contributed by atoms with Crippen LogP contribution in [0.2, 0.25) is 0 Å². The van der Waals surface area contributed by atoms with Gasteiger partial charge in [0.05, 0.1) is 6.10 Å². The van der Waals surface area contributed by atoms with Crippen LogP contribution in [0.1, 0.15) is 38.3 Å². The van der Waals surface area contributed by atoms with Crippen LogP contribution in [0.4, 0.5) is 0 Å². The van der Waals surface area contributed by atoms with Gasteiger partial charge in [0.15, 0.2) is 5.69 Å². The lowest BCUT2D eigenvalue weighted by Crippen LogP contribution is -2.67. The summed E-state index contributed by atoms with van der Waals surface area (Å²) in [5.41, 5.74) is -0.102. The third kappa shape index (κ3) is 2.36. The maximum absolute atomic E-state index is 12.9. The van der Waals surface area contributed by atoms with Crippen LogP contribution in [0.3, 0.4) is 0 Å². The zero-order valence-electron chi connectivity index (χ0n) is 13.4. The molecule has 0 saturated heterocycles. The normalized spacial score (nSPS) is 25.7. The van der Waals surface area contributed by atoms with Crippen molar-refractivity contribution < 1.29 is 13.2 Å². The highest BCUT2D eigenvalue weighted by Crippen LogP contribution is 2.59. The lowest BCUT2D eigenvalue weighted by Gasteiger charge is -2.62. The average Bonchev–Trinajstić information content (AvgIpc) is 2.48. The predicted molar refractivity (Wildman–Crippen MR) is 84.0 cm³/mol. The molecule has 0 unspecified atom stereocenters. The van der Waals surface area contributed by atoms with E-state index in [1.54, 1.807) is 13.1 Å². The van der Waals surface area contributed by atoms with Crippen LogP contribution in [0.15, 0.2) is 23.2 Å². The molecule has 124 valence electrons. The monoisotopic (exact) mass is 335 g/mol. The van der Waals surface area contributed by atoms with Crippen LogP contribution in [-0.2, 0) is 14.8 Å². The Balaban J connectivity index is 1.89. The number of aromatic nitrogens is 1. The molecule has 2 saturated carbocycles. The van der Waals surface area contributed by atoms with Crippen molar-refractivity contribution in [3.8, 4) is 6.07 Å². The highest BCUT2D eigenvalue weighted by atomic mass is 32.2. The SMILES string of the molecule is CCO[C@@H]1C[C@@H](N(C)S(=O)(=O)c2cccnc2C#N)C12CCC2. The maximum Gasteiger partial charge on any atom is 0.245 e. The number of pyridine rings is 1. The van der Waals surface area contributed by atoms with E-state index in [1.807, 2.05) is 13.0 Å². The van der Waals surface area contributed by atoms with Crippen molar-refractivity contribution in [2.24, 2.45) is 5.41 Å². The summed E-state index contributed by atoms with van der Waals surface area (Å²) in [5.74, 6) is 0. The quantitative estimate of drug-likeness (QED) is 0.821. The van der Waals surface area contributed by atoms with Gasteiger partial charge in [0.25, 0.3) is 0 Å². The van der Waals surface area contributed by atoms with E-state index in [0.29, 0.717) is 13.0 Å². The Hall–Kier alpha value is -1.49. The van der Waals surface area contributed by atoms with Crippen LogP contribution in [-0.4, -0.2) is 43.5 Å². The summed E-state index contributed by atoms with van der Waals surface area (Å²) in [6.07, 6.45) is 5.41. The first-order valence-corrected chi connectivity index (χ1v) is 9.36. The number of hydrogen-bond acceptors (Lipinski definition) is 5. The van der Waals surface area contributed by atoms with Gasteiger partial charge < -0.3 is 4.74 Å². The van der Waals surface area contributed by atoms with Gasteiger partial charge in [-0.2, -0.15) is 9.57 Å². The molecular weight excluding hydrogens is 314 g/mol. The van der Waals surface area contributed by atoms with E-state index >= 15 is 0 Å². The Morgan fingerprint density at radius 1 is 1.52 bits per heavy atom. The fraction of sp³-hybridized carbons (Fsp3) is 0.625. The van der Waals surface area contributed by atoms with E-state index < -0.39 is 10.0 Å². The van der Waals surface area contributed by atoms with E-state index in [4.69, 9.17) is 10.00 Å². The van der Waals surface area contributed by atoms with Gasteiger partial charge in [0.2, 0.25) is 10.0 Å². The number of nitrogens with zero attached hydrogens (tertiary/aromatic N) is 3. The standard InChI is InChI=1S/C16H21N3O3S/c1-3-22-15-10-14(16(15)7-5-8-16)19(2)23(20,21)13-6-4-9-18-12(13)11-17/h4,6,9,14-15H,3,5,7-8,10H2,1-2H3/t14-,15-/m1/s1. The first-order valence-electron chi connectivity index (χ1n) is 7.92. The van der Waals surface area contributed by atoms with Crippen molar-refractivity contribution in [3.05, 3.63) is 24.0 Å². The fourth-order valence-electron chi connectivity index (χ4n) is 3.92. The predicted octanol–water partition coefficient (Wildman–Crippen LogP) is 1.92. The summed E-state index contributed by atoms with van der Waals surface area (Å²) in [6, 6.07) is 4.80. The van der Waals surface area contributed by atoms with Gasteiger partial charge in [-0.25, -0.2) is 13.4 Å². The molecular formula is C16H21N3O3S. The Labute approximate surface area is 137 Å². The zero-order chi connectivity index (χ0) is 16.7. The number of ether oxygens (including phenoxy) is 1. The van der Waals surface area contributed by atoms with Crippen molar-refractivity contribution in [1.29, 1.82) is 5.26 Å². The van der Waals surface area contributed by atoms with E-state index in [-0.39, 0.29) is 28.2 Å². The van der Waals surface area contributed by atoms with Crippen LogP contribution < -0.4 is 0 Å². The Morgan fingerprint density at radius 2 is 2.26 bits per heavy atom. The minimum atomic E-state index is -3.73. The third-order valence-electron chi connectivity index (χ3n) is 5.37. The molecule has 2 aliphatic carbocycles. The molecule has 2 atom stereocenters. The fourth-order valence-corrected chi connectivity index (χ4v) is 5.45. The average molecular weight is 335 g/mol. The molecule has 6 nitrogen and oxygen atoms in total. The second kappa shape index (κ2) is 5.86. The highest BCUT2D eigenvalue weighted by molar-refractivity contribution is 7.89. The van der Waals surface area contributed by atoms with Crippen molar-refractivity contribution in [1.82, 2.24) is 9.29 Å². The summed E-state index contributed by atoms with van der Waals surface area (Å²) in [4.78, 5) is 3.86. The van der Waals surface area contributed by atoms with E-state index in [2.05, 4.69) is 4.98 Å². The van der Waals surface area contributed by atoms with Gasteiger partial charge in [-0.3, -0.25) is 0 Å². The van der Waals surface area contributed by atoms with Gasteiger partial charge >= 0.3 is 0 Å². The van der Waals surface area contributed by atoms with Crippen molar-refractivity contribution in [3.63, 3.8) is 0 Å². The summed E-state index contributed by atoms with van der Waals surface area (Å²) in [5, 5.41) is 9.13. The summed E-state index contributed by atoms with van der Waals surface area (Å²) in [6.45, 7) is 2.62. The van der Waals surface area contributed by atoms with Crippen molar-refractivity contribution >= 4 is 10.0 Å². The molecule has 1 aromatic rings. The summed E-state index contributed by atoms with van der Waals surface area (Å²) >= 11 is 0. The lowest BCUT2D eigenvalue weighted by atomic mass is 9.51. The van der Waals surface area contributed by atoms with Crippen LogP contribution >= 0.6 is 0 Å². The molecule has 1 spiro atoms. The molecule has 0 N–H and O–H groups in total. The molecule has 0 radical (unpaired) electrons. The van der Waals surface area contributed by atoms with Crippen molar-refractivity contribution in [2.45, 2.75) is 49.6 Å². The molecule has 7 heteroatoms. The topological polar surface area (TPSA) is 83.3 Å². The molecule has 0 aromatic carbocycles. The molecule has 1 aromatic heterocycles. The van der Waals surface area contributed by atoms with E-state index in [1.165, 1.54) is 16.6 Å². The minimum absolute atomic E-state index is 0.0145. The van der Waals surface area contributed by atoms with Crippen LogP contribution in [0.5, 0.6) is 0 Å². The molecule has 0 aliphatic heterocycles. The maximum atomic E-state index is 12.9. The minimum Gasteiger partial charge on any atom is -0.378 e. The Kier molecular flexibility index (Phi) is 4.17. The Bertz CT molecular complexity index is 737. The molecule has 0 bridgehead atoms. The lowest BCUT2D eigenvalue weighted by molar-refractivity contribution is -0.187. The largest absolute Gasteiger partial charge is 0.378 e. The van der Waals surface area contributed by atoms with Gasteiger partial charge in [-0.15, -0.1) is 0 Å². The zero-order valence-corrected chi connectivity index (χ0v) is 14.2. The van der Waals surface area contributed by atoms with E-state index in [0.717, 1.165) is 19.3 Å². The van der Waals surface area contributed by atoms with Gasteiger partial charge in [-0.1, -0.05) is 6.42 Å². The first kappa shape index (κ1) is 16.4. The summed E-state index contributed by atoms with van der Waals surface area (Å²) in [7, 11) is -2.13. The third-order valence-corrected chi connectivity index (χ3v) is 7.27. The Morgan fingerprint density at radius 3 is 2.83 bits per heavy atom. The smallest absolute Gasteiger partial charge is 0.245 e. The molecule has 2 fully saturated rings. The molecule has 0 amide bonds. The van der Waals surface area contributed by atoms with Crippen LogP contribution in [0.25, 0.3) is 0 Å². The number of sulfonamides is 1. The van der Waals surface area contributed by atoms with Crippen molar-refractivity contribution in [2.75, 3.05) is 13.7 Å². The second-order valence-corrected chi connectivity index (χ2v) is 8.23.